The molecule has 0 fully saturated rings. The van der Waals surface area contributed by atoms with Crippen LogP contribution in [0.1, 0.15) is 49.4 Å². The maximum Gasteiger partial charge on any atom is 0.243 e. The van der Waals surface area contributed by atoms with Gasteiger partial charge in [0.2, 0.25) is 11.8 Å². The molecule has 0 saturated carbocycles. The van der Waals surface area contributed by atoms with Gasteiger partial charge in [0.25, 0.3) is 0 Å². The topological polar surface area (TPSA) is 49.4 Å². The number of thioether (sulfide) groups is 1. The Kier molecular flexibility index (Phi) is 9.44. The number of amides is 2. The van der Waals surface area contributed by atoms with Crippen molar-refractivity contribution >= 4 is 23.6 Å². The fraction of sp³-hybridized carbons (Fsp3) is 0.440. The van der Waals surface area contributed by atoms with Crippen LogP contribution in [0.15, 0.2) is 48.5 Å². The van der Waals surface area contributed by atoms with Crippen molar-refractivity contribution in [3.05, 3.63) is 70.8 Å². The molecule has 162 valence electrons. The minimum Gasteiger partial charge on any atom is -0.352 e. The van der Waals surface area contributed by atoms with Crippen LogP contribution in [-0.2, 0) is 21.9 Å². The van der Waals surface area contributed by atoms with Crippen molar-refractivity contribution in [3.63, 3.8) is 0 Å². The predicted octanol–water partition coefficient (Wildman–Crippen LogP) is 4.87. The van der Waals surface area contributed by atoms with Crippen LogP contribution in [0.3, 0.4) is 0 Å². The number of benzene rings is 2. The maximum atomic E-state index is 13.2. The van der Waals surface area contributed by atoms with Gasteiger partial charge in [-0.2, -0.15) is 0 Å². The Morgan fingerprint density at radius 1 is 0.933 bits per heavy atom. The van der Waals surface area contributed by atoms with Crippen LogP contribution in [0.25, 0.3) is 0 Å². The van der Waals surface area contributed by atoms with Crippen molar-refractivity contribution < 1.29 is 9.59 Å². The number of nitrogens with one attached hydrogen (secondary N) is 1. The van der Waals surface area contributed by atoms with Gasteiger partial charge in [-0.1, -0.05) is 66.6 Å². The molecule has 0 aromatic heterocycles. The number of carbonyl (C=O) groups is 2. The lowest BCUT2D eigenvalue weighted by atomic mass is 10.1. The molecule has 5 heteroatoms. The van der Waals surface area contributed by atoms with Gasteiger partial charge in [-0.05, 0) is 45.2 Å². The largest absolute Gasteiger partial charge is 0.352 e. The van der Waals surface area contributed by atoms with E-state index in [1.807, 2.05) is 52.0 Å². The van der Waals surface area contributed by atoms with Crippen molar-refractivity contribution in [1.29, 1.82) is 0 Å². The molecule has 2 amide bonds. The van der Waals surface area contributed by atoms with Gasteiger partial charge >= 0.3 is 0 Å². The summed E-state index contributed by atoms with van der Waals surface area (Å²) in [5.74, 6) is 1.04. The maximum absolute atomic E-state index is 13.2. The van der Waals surface area contributed by atoms with Gasteiger partial charge in [-0.15, -0.1) is 11.8 Å². The summed E-state index contributed by atoms with van der Waals surface area (Å²) in [6, 6.07) is 16.1. The molecule has 2 rings (SSSR count). The number of aryl methyl sites for hydroxylation is 2. The van der Waals surface area contributed by atoms with E-state index in [-0.39, 0.29) is 17.9 Å². The molecule has 0 aliphatic rings. The Bertz CT molecular complexity index is 816. The molecule has 0 aliphatic carbocycles. The predicted molar refractivity (Wildman–Crippen MR) is 126 cm³/mol. The molecule has 0 heterocycles. The van der Waals surface area contributed by atoms with Crippen LogP contribution in [0, 0.1) is 13.8 Å². The summed E-state index contributed by atoms with van der Waals surface area (Å²) in [6.07, 6.45) is 0.582. The van der Waals surface area contributed by atoms with E-state index < -0.39 is 6.04 Å². The standard InChI is InChI=1S/C25H34N2O2S/c1-6-23(25(29)26-18(2)3)27(15-21-11-7-19(4)8-12-21)24(28)17-30-16-22-13-9-20(5)10-14-22/h7-14,18,23H,6,15-17H2,1-5H3,(H,26,29). The fourth-order valence-corrected chi connectivity index (χ4v) is 4.08. The Hall–Kier alpha value is -2.27. The second-order valence-electron chi connectivity index (χ2n) is 8.07. The van der Waals surface area contributed by atoms with Crippen molar-refractivity contribution in [2.45, 2.75) is 65.4 Å². The lowest BCUT2D eigenvalue weighted by Crippen LogP contribution is -2.50. The highest BCUT2D eigenvalue weighted by Gasteiger charge is 2.28. The second kappa shape index (κ2) is 11.8. The van der Waals surface area contributed by atoms with Gasteiger partial charge in [-0.3, -0.25) is 9.59 Å². The number of nitrogens with zero attached hydrogens (tertiary/aromatic N) is 1. The zero-order chi connectivity index (χ0) is 22.1. The normalized spacial score (nSPS) is 11.9. The average molecular weight is 427 g/mol. The summed E-state index contributed by atoms with van der Waals surface area (Å²) in [7, 11) is 0. The van der Waals surface area contributed by atoms with Crippen molar-refractivity contribution in [3.8, 4) is 0 Å². The molecule has 1 N–H and O–H groups in total. The number of hydrogen-bond donors (Lipinski definition) is 1. The molecule has 1 atom stereocenters. The third-order valence-electron chi connectivity index (χ3n) is 4.91. The minimum atomic E-state index is -0.471. The van der Waals surface area contributed by atoms with Gasteiger partial charge in [0.05, 0.1) is 5.75 Å². The molecular weight excluding hydrogens is 392 g/mol. The number of hydrogen-bond acceptors (Lipinski definition) is 3. The quantitative estimate of drug-likeness (QED) is 0.590. The molecule has 2 aromatic rings. The molecule has 0 radical (unpaired) electrons. The SMILES string of the molecule is CCC(C(=O)NC(C)C)N(Cc1ccc(C)cc1)C(=O)CSCc1ccc(C)cc1. The van der Waals surface area contributed by atoms with E-state index >= 15 is 0 Å². The van der Waals surface area contributed by atoms with E-state index in [4.69, 9.17) is 0 Å². The van der Waals surface area contributed by atoms with E-state index in [0.29, 0.717) is 18.7 Å². The lowest BCUT2D eigenvalue weighted by Gasteiger charge is -2.31. The monoisotopic (exact) mass is 426 g/mol. The molecule has 0 spiro atoms. The smallest absolute Gasteiger partial charge is 0.243 e. The minimum absolute atomic E-state index is 0.00144. The third-order valence-corrected chi connectivity index (χ3v) is 5.89. The van der Waals surface area contributed by atoms with Crippen molar-refractivity contribution in [1.82, 2.24) is 10.2 Å². The Balaban J connectivity index is 2.11. The van der Waals surface area contributed by atoms with Crippen LogP contribution >= 0.6 is 11.8 Å². The van der Waals surface area contributed by atoms with E-state index in [2.05, 4.69) is 36.5 Å². The number of rotatable bonds is 10. The van der Waals surface area contributed by atoms with Gasteiger partial charge in [0.1, 0.15) is 6.04 Å². The Labute approximate surface area is 185 Å². The van der Waals surface area contributed by atoms with E-state index in [0.717, 1.165) is 11.3 Å². The first kappa shape index (κ1) is 24.0. The summed E-state index contributed by atoms with van der Waals surface area (Å²) in [4.78, 5) is 27.7. The van der Waals surface area contributed by atoms with E-state index in [1.54, 1.807) is 16.7 Å². The Morgan fingerprint density at radius 2 is 1.47 bits per heavy atom. The molecule has 2 aromatic carbocycles. The molecule has 30 heavy (non-hydrogen) atoms. The summed E-state index contributed by atoms with van der Waals surface area (Å²) in [6.45, 7) is 10.4. The molecule has 4 nitrogen and oxygen atoms in total. The summed E-state index contributed by atoms with van der Waals surface area (Å²) < 4.78 is 0. The van der Waals surface area contributed by atoms with Gasteiger partial charge in [0.15, 0.2) is 0 Å². The van der Waals surface area contributed by atoms with Gasteiger partial charge in [-0.25, -0.2) is 0 Å². The Morgan fingerprint density at radius 3 is 1.97 bits per heavy atom. The van der Waals surface area contributed by atoms with E-state index in [9.17, 15) is 9.59 Å². The van der Waals surface area contributed by atoms with Crippen LogP contribution < -0.4 is 5.32 Å². The van der Waals surface area contributed by atoms with Gasteiger partial charge < -0.3 is 10.2 Å². The first-order chi connectivity index (χ1) is 14.3. The van der Waals surface area contributed by atoms with Crippen LogP contribution in [0.5, 0.6) is 0 Å². The lowest BCUT2D eigenvalue weighted by molar-refractivity contribution is -0.139. The summed E-state index contributed by atoms with van der Waals surface area (Å²) in [5, 5.41) is 2.97. The highest BCUT2D eigenvalue weighted by atomic mass is 32.2. The first-order valence-corrected chi connectivity index (χ1v) is 11.7. The second-order valence-corrected chi connectivity index (χ2v) is 9.06. The third kappa shape index (κ3) is 7.52. The van der Waals surface area contributed by atoms with Crippen molar-refractivity contribution in [2.75, 3.05) is 5.75 Å². The van der Waals surface area contributed by atoms with Gasteiger partial charge in [0, 0.05) is 18.3 Å². The summed E-state index contributed by atoms with van der Waals surface area (Å²) >= 11 is 1.59. The summed E-state index contributed by atoms with van der Waals surface area (Å²) in [5.41, 5.74) is 4.64. The molecule has 0 bridgehead atoms. The van der Waals surface area contributed by atoms with Crippen molar-refractivity contribution in [2.24, 2.45) is 0 Å². The number of carbonyl (C=O) groups excluding carboxylic acids is 2. The van der Waals surface area contributed by atoms with Crippen LogP contribution in [0.2, 0.25) is 0 Å². The fourth-order valence-electron chi connectivity index (χ4n) is 3.21. The first-order valence-electron chi connectivity index (χ1n) is 10.6. The molecule has 1 unspecified atom stereocenters. The van der Waals surface area contributed by atoms with Crippen LogP contribution in [-0.4, -0.2) is 34.6 Å². The van der Waals surface area contributed by atoms with Crippen LogP contribution in [0.4, 0.5) is 0 Å². The van der Waals surface area contributed by atoms with E-state index in [1.165, 1.54) is 16.7 Å². The average Bonchev–Trinajstić information content (AvgIpc) is 2.70. The molecule has 0 saturated heterocycles. The molecule has 0 aliphatic heterocycles. The zero-order valence-electron chi connectivity index (χ0n) is 18.8. The highest BCUT2D eigenvalue weighted by molar-refractivity contribution is 7.99. The zero-order valence-corrected chi connectivity index (χ0v) is 19.6. The molecular formula is C25H34N2O2S. The highest BCUT2D eigenvalue weighted by Crippen LogP contribution is 2.18.